The lowest BCUT2D eigenvalue weighted by molar-refractivity contribution is -0.0503. The van der Waals surface area contributed by atoms with Crippen molar-refractivity contribution >= 4 is 24.8 Å². The molecule has 3 atom stereocenters. The minimum Gasteiger partial charge on any atom is -0.382 e. The Labute approximate surface area is 130 Å². The fourth-order valence-corrected chi connectivity index (χ4v) is 2.86. The van der Waals surface area contributed by atoms with Crippen LogP contribution in [0.2, 0.25) is 0 Å². The van der Waals surface area contributed by atoms with Crippen molar-refractivity contribution in [2.45, 2.75) is 24.9 Å². The van der Waals surface area contributed by atoms with Gasteiger partial charge in [0.2, 0.25) is 0 Å². The third kappa shape index (κ3) is 3.34. The van der Waals surface area contributed by atoms with Crippen molar-refractivity contribution in [3.63, 3.8) is 0 Å². The van der Waals surface area contributed by atoms with E-state index in [-0.39, 0.29) is 18.5 Å². The number of nitrogens with two attached hydrogens (primary N) is 1. The van der Waals surface area contributed by atoms with Gasteiger partial charge in [0.1, 0.15) is 24.2 Å². The molecule has 0 radical (unpaired) electrons. The minimum absolute atomic E-state index is 0.261. The molecular weight excluding hydrogens is 329 g/mol. The fourth-order valence-electron chi connectivity index (χ4n) is 2.52. The maximum Gasteiger partial charge on any atom is 0.469 e. The zero-order valence-electron chi connectivity index (χ0n) is 12.1. The van der Waals surface area contributed by atoms with Gasteiger partial charge < -0.3 is 25.0 Å². The van der Waals surface area contributed by atoms with Crippen LogP contribution in [-0.2, 0) is 18.6 Å². The summed E-state index contributed by atoms with van der Waals surface area (Å²) in [5, 5.41) is 0. The van der Waals surface area contributed by atoms with Crippen LogP contribution in [0.15, 0.2) is 12.7 Å². The van der Waals surface area contributed by atoms with Gasteiger partial charge in [-0.3, -0.25) is 9.09 Å². The number of ether oxygens (including phenoxy) is 2. The van der Waals surface area contributed by atoms with Crippen molar-refractivity contribution in [3.8, 4) is 0 Å². The summed E-state index contributed by atoms with van der Waals surface area (Å²) in [6, 6.07) is 0. The van der Waals surface area contributed by atoms with Crippen LogP contribution in [0.1, 0.15) is 12.6 Å². The van der Waals surface area contributed by atoms with Crippen LogP contribution < -0.4 is 5.73 Å². The van der Waals surface area contributed by atoms with Crippen LogP contribution >= 0.6 is 7.82 Å². The zero-order chi connectivity index (χ0) is 16.6. The summed E-state index contributed by atoms with van der Waals surface area (Å²) >= 11 is 0. The Bertz CT molecular complexity index is 748. The van der Waals surface area contributed by atoms with E-state index < -0.39 is 20.2 Å². The van der Waals surface area contributed by atoms with E-state index in [1.807, 2.05) is 0 Å². The number of hydrogen-bond donors (Lipinski definition) is 3. The molecule has 3 rings (SSSR count). The maximum absolute atomic E-state index is 10.8. The maximum atomic E-state index is 10.8. The van der Waals surface area contributed by atoms with Gasteiger partial charge >= 0.3 is 7.82 Å². The van der Waals surface area contributed by atoms with Gasteiger partial charge in [-0.1, -0.05) is 0 Å². The number of rotatable bonds is 5. The Morgan fingerprint density at radius 1 is 1.48 bits per heavy atom. The highest BCUT2D eigenvalue weighted by molar-refractivity contribution is 7.46. The van der Waals surface area contributed by atoms with Crippen molar-refractivity contribution in [2.75, 3.05) is 19.5 Å². The summed E-state index contributed by atoms with van der Waals surface area (Å²) in [4.78, 5) is 29.8. The highest BCUT2D eigenvalue weighted by Crippen LogP contribution is 2.39. The van der Waals surface area contributed by atoms with E-state index >= 15 is 0 Å². The second-order valence-corrected chi connectivity index (χ2v) is 6.25. The van der Waals surface area contributed by atoms with Gasteiger partial charge in [0.25, 0.3) is 0 Å². The van der Waals surface area contributed by atoms with Crippen LogP contribution in [0, 0.1) is 0 Å². The van der Waals surface area contributed by atoms with Gasteiger partial charge in [0, 0.05) is 13.5 Å². The largest absolute Gasteiger partial charge is 0.469 e. The van der Waals surface area contributed by atoms with Gasteiger partial charge in [0.05, 0.1) is 19.0 Å². The van der Waals surface area contributed by atoms with E-state index in [1.54, 1.807) is 4.57 Å². The predicted molar refractivity (Wildman–Crippen MR) is 77.1 cm³/mol. The fraction of sp³-hybridized carbons (Fsp3) is 0.545. The monoisotopic (exact) mass is 345 g/mol. The molecule has 11 nitrogen and oxygen atoms in total. The first-order chi connectivity index (χ1) is 10.9. The molecule has 0 amide bonds. The molecule has 0 bridgehead atoms. The second-order valence-electron chi connectivity index (χ2n) is 5.01. The molecule has 0 saturated carbocycles. The number of nitrogen functional groups attached to an aromatic ring is 1. The smallest absolute Gasteiger partial charge is 0.382 e. The number of hydrogen-bond acceptors (Lipinski definition) is 8. The Balaban J connectivity index is 1.81. The molecule has 2 aromatic heterocycles. The molecule has 1 fully saturated rings. The third-order valence-corrected chi connectivity index (χ3v) is 4.07. The third-order valence-electron chi connectivity index (χ3n) is 3.59. The summed E-state index contributed by atoms with van der Waals surface area (Å²) < 4.78 is 28.1. The van der Waals surface area contributed by atoms with Crippen LogP contribution in [-0.4, -0.2) is 55.2 Å². The first-order valence-corrected chi connectivity index (χ1v) is 8.23. The van der Waals surface area contributed by atoms with Crippen LogP contribution in [0.4, 0.5) is 5.82 Å². The summed E-state index contributed by atoms with van der Waals surface area (Å²) in [6.07, 6.45) is 1.81. The van der Waals surface area contributed by atoms with Crippen LogP contribution in [0.3, 0.4) is 0 Å². The van der Waals surface area contributed by atoms with Crippen LogP contribution in [0.5, 0.6) is 0 Å². The number of phosphoric ester groups is 1. The van der Waals surface area contributed by atoms with Crippen molar-refractivity contribution in [3.05, 3.63) is 12.7 Å². The topological polar surface area (TPSA) is 155 Å². The number of anilines is 1. The second kappa shape index (κ2) is 6.11. The molecule has 1 aliphatic rings. The van der Waals surface area contributed by atoms with Crippen molar-refractivity contribution in [2.24, 2.45) is 0 Å². The molecule has 2 aromatic rings. The Kier molecular flexibility index (Phi) is 4.32. The molecule has 0 aliphatic carbocycles. The van der Waals surface area contributed by atoms with E-state index in [1.165, 1.54) is 19.8 Å². The lowest BCUT2D eigenvalue weighted by atomic mass is 10.2. The van der Waals surface area contributed by atoms with Gasteiger partial charge in [0.15, 0.2) is 11.5 Å². The quantitative estimate of drug-likeness (QED) is 0.621. The van der Waals surface area contributed by atoms with E-state index in [2.05, 4.69) is 19.5 Å². The van der Waals surface area contributed by atoms with Gasteiger partial charge in [-0.25, -0.2) is 19.5 Å². The van der Waals surface area contributed by atoms with E-state index in [4.69, 9.17) is 25.0 Å². The molecular formula is C11H16N5O6P. The molecule has 23 heavy (non-hydrogen) atoms. The highest BCUT2D eigenvalue weighted by atomic mass is 31.2. The molecule has 1 aliphatic heterocycles. The van der Waals surface area contributed by atoms with E-state index in [0.717, 1.165) is 0 Å². The lowest BCUT2D eigenvalue weighted by Gasteiger charge is -2.17. The number of nitrogens with zero attached hydrogens (tertiary/aromatic N) is 4. The molecule has 3 unspecified atom stereocenters. The Morgan fingerprint density at radius 3 is 2.96 bits per heavy atom. The molecule has 12 heteroatoms. The van der Waals surface area contributed by atoms with Gasteiger partial charge in [-0.05, 0) is 0 Å². The summed E-state index contributed by atoms with van der Waals surface area (Å²) in [6.45, 7) is -0.289. The van der Waals surface area contributed by atoms with Crippen molar-refractivity contribution in [1.29, 1.82) is 0 Å². The molecule has 4 N–H and O–H groups in total. The zero-order valence-corrected chi connectivity index (χ0v) is 13.0. The van der Waals surface area contributed by atoms with E-state index in [9.17, 15) is 4.57 Å². The standard InChI is InChI=1S/C11H16N5O6P/c1-20-6-2-8(22-7(6)3-21-23(17,18)19)16-5-15-9-10(12)13-4-14-11(9)16/h4-8H,2-3H2,1H3,(H2,12,13,14)(H2,17,18,19). The first-order valence-electron chi connectivity index (χ1n) is 6.70. The number of methoxy groups -OCH3 is 1. The number of aromatic nitrogens is 4. The molecule has 126 valence electrons. The number of imidazole rings is 1. The average molecular weight is 345 g/mol. The first kappa shape index (κ1) is 16.2. The molecule has 1 saturated heterocycles. The van der Waals surface area contributed by atoms with E-state index in [0.29, 0.717) is 17.6 Å². The van der Waals surface area contributed by atoms with Crippen LogP contribution in [0.25, 0.3) is 11.2 Å². The number of fused-ring (bicyclic) bond motifs is 1. The molecule has 0 spiro atoms. The van der Waals surface area contributed by atoms with Crippen molar-refractivity contribution in [1.82, 2.24) is 19.5 Å². The SMILES string of the molecule is COC1CC(n2cnc3c(N)ncnc32)OC1COP(=O)(O)O. The minimum atomic E-state index is -4.57. The van der Waals surface area contributed by atoms with Crippen molar-refractivity contribution < 1.29 is 28.3 Å². The normalized spacial score (nSPS) is 25.3. The number of phosphoric acid groups is 1. The van der Waals surface area contributed by atoms with Gasteiger partial charge in [-0.2, -0.15) is 0 Å². The molecule has 0 aromatic carbocycles. The average Bonchev–Trinajstić information content (AvgIpc) is 3.08. The molecule has 3 heterocycles. The summed E-state index contributed by atoms with van der Waals surface area (Å²) in [5.41, 5.74) is 6.71. The Hall–Kier alpha value is -1.62. The predicted octanol–water partition coefficient (Wildman–Crippen LogP) is -0.180. The Morgan fingerprint density at radius 2 is 2.26 bits per heavy atom. The highest BCUT2D eigenvalue weighted by Gasteiger charge is 2.38. The van der Waals surface area contributed by atoms with Gasteiger partial charge in [-0.15, -0.1) is 0 Å². The lowest BCUT2D eigenvalue weighted by Crippen LogP contribution is -2.27. The summed E-state index contributed by atoms with van der Waals surface area (Å²) in [7, 11) is -3.08. The summed E-state index contributed by atoms with van der Waals surface area (Å²) in [5.74, 6) is 0.261.